The monoisotopic (exact) mass is 90.0 g/mol. The van der Waals surface area contributed by atoms with Crippen LogP contribution in [-0.2, 0) is 0 Å². The van der Waals surface area contributed by atoms with Gasteiger partial charge in [-0.25, -0.2) is 0 Å². The van der Waals surface area contributed by atoms with Gasteiger partial charge in [0.25, 0.3) is 0 Å². The Morgan fingerprint density at radius 3 is 1.50 bits per heavy atom. The molecule has 0 radical (unpaired) electrons. The normalized spacial score (nSPS) is 9.25. The predicted octanol–water partition coefficient (Wildman–Crippen LogP) is 0.377. The summed E-state index contributed by atoms with van der Waals surface area (Å²) in [6.45, 7) is 0. The summed E-state index contributed by atoms with van der Waals surface area (Å²) in [5.41, 5.74) is 0. The second-order valence-electron chi connectivity index (χ2n) is 0.519. The molecule has 0 saturated heterocycles. The van der Waals surface area contributed by atoms with Crippen molar-refractivity contribution in [1.82, 2.24) is 0 Å². The van der Waals surface area contributed by atoms with E-state index >= 15 is 0 Å². The zero-order valence-corrected chi connectivity index (χ0v) is 5.46. The molecule has 0 atom stereocenters. The van der Waals surface area contributed by atoms with E-state index in [-0.39, 0.29) is 49.0 Å². The van der Waals surface area contributed by atoms with Crippen molar-refractivity contribution in [3.63, 3.8) is 0 Å². The molecular weight excluding hydrogens is 89.1 g/mol. The molecule has 0 unspecified atom stereocenters. The third-order valence-corrected chi connectivity index (χ3v) is 0. The fourth-order valence-corrected chi connectivity index (χ4v) is 0. The summed E-state index contributed by atoms with van der Waals surface area (Å²) in [4.78, 5) is 0. The van der Waals surface area contributed by atoms with Gasteiger partial charge in [-0.3, -0.25) is 0 Å². The second-order valence-corrected chi connectivity index (χ2v) is 1.88. The van der Waals surface area contributed by atoms with Gasteiger partial charge in [-0.05, 0) is 0 Å². The molecule has 0 aliphatic heterocycles. The summed E-state index contributed by atoms with van der Waals surface area (Å²) < 4.78 is 18.9. The van der Waals surface area contributed by atoms with E-state index in [0.29, 0.717) is 0 Å². The minimum absolute atomic E-state index is 0.271. The van der Waals surface area contributed by atoms with E-state index in [9.17, 15) is 8.78 Å². The van der Waals surface area contributed by atoms with Crippen molar-refractivity contribution in [1.29, 1.82) is 0 Å². The molecule has 0 aliphatic carbocycles. The van der Waals surface area contributed by atoms with Crippen LogP contribution >= 0.6 is 0 Å². The van der Waals surface area contributed by atoms with Crippen LogP contribution in [0, 0.1) is 0 Å². The van der Waals surface area contributed by atoms with Crippen LogP contribution in [0.1, 0.15) is 0 Å². The molecule has 0 aromatic heterocycles. The second kappa shape index (κ2) is 2.72. The molecule has 0 rings (SSSR count). The average molecular weight is 90.1 g/mol. The first-order valence-corrected chi connectivity index (χ1v) is 2.82. The fourth-order valence-electron chi connectivity index (χ4n) is 0. The van der Waals surface area contributed by atoms with Crippen LogP contribution < -0.4 is 0 Å². The molecule has 0 aromatic rings. The summed E-state index contributed by atoms with van der Waals surface area (Å²) >= 11 is -0.271. The molecule has 0 N–H and O–H groups in total. The number of hydrogen-bond acceptors (Lipinski definition) is 0. The molecule has 0 aromatic carbocycles. The van der Waals surface area contributed by atoms with E-state index < -0.39 is 0.520 Å². The Balaban J connectivity index is 2.32. The van der Waals surface area contributed by atoms with E-state index in [1.165, 1.54) is 0 Å². The van der Waals surface area contributed by atoms with E-state index in [4.69, 9.17) is 0 Å². The van der Waals surface area contributed by atoms with Gasteiger partial charge in [0.05, 0.1) is 0 Å². The Morgan fingerprint density at radius 1 is 1.50 bits per heavy atom. The SMILES string of the molecule is F[CH](F)[K]. The average Bonchev–Trinajstić information content (AvgIpc) is 0.811. The Bertz CT molecular complexity index is 10.8. The van der Waals surface area contributed by atoms with Gasteiger partial charge in [-0.15, -0.1) is 0 Å². The van der Waals surface area contributed by atoms with Crippen LogP contribution in [0.25, 0.3) is 0 Å². The van der Waals surface area contributed by atoms with Gasteiger partial charge in [-0.1, -0.05) is 0 Å². The van der Waals surface area contributed by atoms with Crippen molar-refractivity contribution in [3.05, 3.63) is 0 Å². The molecular formula is CHF2K. The summed E-state index contributed by atoms with van der Waals surface area (Å²) in [6.07, 6.45) is 0. The van der Waals surface area contributed by atoms with Gasteiger partial charge in [0.2, 0.25) is 0 Å². The zero-order valence-electron chi connectivity index (χ0n) is 2.33. The topological polar surface area (TPSA) is 0 Å². The van der Waals surface area contributed by atoms with Crippen LogP contribution in [0.15, 0.2) is 0 Å². The quantitative estimate of drug-likeness (QED) is 0.377. The standard InChI is InChI=1S/CHF2.K/c2-1-3;/h1H;. The van der Waals surface area contributed by atoms with Gasteiger partial charge >= 0.3 is 58.3 Å². The van der Waals surface area contributed by atoms with E-state index in [0.717, 1.165) is 0 Å². The number of halogens is 2. The van der Waals surface area contributed by atoms with Crippen LogP contribution in [0.2, 0.25) is 0 Å². The summed E-state index contributed by atoms with van der Waals surface area (Å²) in [6, 6.07) is 0. The molecule has 0 spiro atoms. The van der Waals surface area contributed by atoms with Crippen LogP contribution in [0.5, 0.6) is 0 Å². The van der Waals surface area contributed by atoms with E-state index in [1.54, 1.807) is 0 Å². The van der Waals surface area contributed by atoms with Crippen molar-refractivity contribution in [2.75, 3.05) is 0 Å². The number of hydrogen-bond donors (Lipinski definition) is 0. The molecule has 0 bridgehead atoms. The third kappa shape index (κ3) is 9.73. The van der Waals surface area contributed by atoms with Crippen molar-refractivity contribution >= 4 is 49.0 Å². The first-order valence-electron chi connectivity index (χ1n) is 1.01. The van der Waals surface area contributed by atoms with Crippen molar-refractivity contribution in [2.24, 2.45) is 0 Å². The maximum absolute atomic E-state index is 10.4. The van der Waals surface area contributed by atoms with E-state index in [2.05, 4.69) is 0 Å². The number of alkyl halides is 2. The third-order valence-electron chi connectivity index (χ3n) is 0. The maximum atomic E-state index is 10.4. The summed E-state index contributed by atoms with van der Waals surface area (Å²) in [5, 5.41) is 0. The van der Waals surface area contributed by atoms with Gasteiger partial charge in [0.15, 0.2) is 0 Å². The minimum atomic E-state index is -1.98. The first kappa shape index (κ1) is 5.50. The zero-order chi connectivity index (χ0) is 3.58. The summed E-state index contributed by atoms with van der Waals surface area (Å²) in [7, 11) is 0. The first-order chi connectivity index (χ1) is 1.73. The number of rotatable bonds is 0. The fraction of sp³-hybridized carbons (Fsp3) is 1.00. The van der Waals surface area contributed by atoms with Crippen molar-refractivity contribution in [3.8, 4) is 0 Å². The molecule has 0 nitrogen and oxygen atoms in total. The molecule has 0 fully saturated rings. The molecule has 3 heteroatoms. The van der Waals surface area contributed by atoms with Crippen molar-refractivity contribution in [2.45, 2.75) is 0.520 Å². The predicted molar refractivity (Wildman–Crippen MR) is 11.8 cm³/mol. The molecule has 0 saturated carbocycles. The van der Waals surface area contributed by atoms with Gasteiger partial charge in [-0.2, -0.15) is 0 Å². The Kier molecular flexibility index (Phi) is 3.74. The van der Waals surface area contributed by atoms with E-state index in [1.807, 2.05) is 0 Å². The molecule has 0 amide bonds. The molecule has 4 heavy (non-hydrogen) atoms. The van der Waals surface area contributed by atoms with Crippen LogP contribution in [0.4, 0.5) is 8.78 Å². The molecule has 0 aliphatic rings. The molecule has 0 heterocycles. The van der Waals surface area contributed by atoms with Crippen LogP contribution in [0.3, 0.4) is 0 Å². The van der Waals surface area contributed by atoms with Crippen molar-refractivity contribution < 1.29 is 8.78 Å². The van der Waals surface area contributed by atoms with Gasteiger partial charge in [0, 0.05) is 0 Å². The summed E-state index contributed by atoms with van der Waals surface area (Å²) in [5.74, 6) is 0. The Labute approximate surface area is 57.2 Å². The Morgan fingerprint density at radius 2 is 1.50 bits per heavy atom. The molecule has 20 valence electrons. The Hall–Kier alpha value is 1.50. The van der Waals surface area contributed by atoms with Gasteiger partial charge in [0.1, 0.15) is 0 Å². The van der Waals surface area contributed by atoms with Gasteiger partial charge < -0.3 is 0 Å². The van der Waals surface area contributed by atoms with Crippen LogP contribution in [-0.4, -0.2) is 49.5 Å².